The molecule has 0 N–H and O–H groups in total. The largest absolute Gasteiger partial charge is 0 e. The summed E-state index contributed by atoms with van der Waals surface area (Å²) in [6.45, 7) is 0. The second-order valence-corrected chi connectivity index (χ2v) is 0. The van der Waals surface area contributed by atoms with E-state index in [2.05, 4.69) is 0 Å². The van der Waals surface area contributed by atoms with Crippen LogP contribution in [-0.4, -0.2) is 41.5 Å². The molecule has 4 heteroatoms. The van der Waals surface area contributed by atoms with Crippen molar-refractivity contribution in [2.45, 2.75) is 0 Å². The van der Waals surface area contributed by atoms with Gasteiger partial charge in [-0.2, -0.15) is 0 Å². The molecule has 0 unspecified atom stereocenters. The second kappa shape index (κ2) is 18.1. The molecule has 0 aliphatic rings. The third-order valence-corrected chi connectivity index (χ3v) is 0. The maximum Gasteiger partial charge on any atom is 0 e. The van der Waals surface area contributed by atoms with Gasteiger partial charge in [0, 0.05) is 77.4 Å². The normalized spacial score (nSPS) is 0. The van der Waals surface area contributed by atoms with Gasteiger partial charge in [-0.05, 0) is 0 Å². The molecule has 0 saturated heterocycles. The fourth-order valence-corrected chi connectivity index (χ4v) is 0. The molecule has 0 aromatic heterocycles. The minimum atomic E-state index is 0. The molecule has 0 bridgehead atoms. The summed E-state index contributed by atoms with van der Waals surface area (Å²) in [5.41, 5.74) is 0. The van der Waals surface area contributed by atoms with Crippen molar-refractivity contribution in [3.8, 4) is 0 Å². The predicted octanol–water partition coefficient (Wildman–Crippen LogP) is -0.116. The maximum absolute atomic E-state index is 0. The molecule has 0 saturated carbocycles. The molecule has 4 heavy (non-hydrogen) atoms. The molecule has 0 fully saturated rings. The molecule has 0 rings (SSSR count). The summed E-state index contributed by atoms with van der Waals surface area (Å²) in [5, 5.41) is 0. The molecule has 0 spiro atoms. The average molecular weight is 341 g/mol. The van der Waals surface area contributed by atoms with Crippen LogP contribution < -0.4 is 0 Å². The van der Waals surface area contributed by atoms with Gasteiger partial charge >= 0.3 is 0 Å². The van der Waals surface area contributed by atoms with E-state index in [1.165, 1.54) is 0 Å². The van der Waals surface area contributed by atoms with E-state index in [1.54, 1.807) is 0 Å². The second-order valence-electron chi connectivity index (χ2n) is 0. The third kappa shape index (κ3) is 8.83. The van der Waals surface area contributed by atoms with Gasteiger partial charge in [0.05, 0.1) is 0 Å². The Kier molecular flexibility index (Phi) is 145. The van der Waals surface area contributed by atoms with Crippen LogP contribution in [0.1, 0.15) is 0 Å². The Bertz CT molecular complexity index is 8.00. The monoisotopic (exact) mass is 340 g/mol. The van der Waals surface area contributed by atoms with Crippen molar-refractivity contribution in [1.82, 2.24) is 0 Å². The van der Waals surface area contributed by atoms with E-state index in [-0.39, 0.29) is 77.4 Å². The van der Waals surface area contributed by atoms with E-state index in [1.807, 2.05) is 0 Å². The standard InChI is InChI=1S/Ag.S.Sb.Se. The Morgan fingerprint density at radius 3 is 1.00 bits per heavy atom. The van der Waals surface area contributed by atoms with Crippen molar-refractivity contribution in [3.05, 3.63) is 0 Å². The van der Waals surface area contributed by atoms with Crippen molar-refractivity contribution < 1.29 is 22.4 Å². The van der Waals surface area contributed by atoms with Crippen molar-refractivity contribution in [2.24, 2.45) is 0 Å². The molecule has 0 atom stereocenters. The summed E-state index contributed by atoms with van der Waals surface area (Å²) in [5.74, 6) is 0. The zero-order valence-electron chi connectivity index (χ0n) is 1.57. The number of hydrogen-bond acceptors (Lipinski definition) is 0. The van der Waals surface area contributed by atoms with Gasteiger partial charge in [0.2, 0.25) is 0 Å². The number of hydrogen-bond donors (Lipinski definition) is 0. The molecule has 0 aromatic carbocycles. The molecular formula is AgSSbSe. The van der Waals surface area contributed by atoms with Crippen LogP contribution in [0.25, 0.3) is 0 Å². The van der Waals surface area contributed by atoms with Gasteiger partial charge in [-0.1, -0.05) is 0 Å². The van der Waals surface area contributed by atoms with Gasteiger partial charge in [0.15, 0.2) is 0 Å². The first kappa shape index (κ1) is 32.1. The van der Waals surface area contributed by atoms with Crippen LogP contribution in [0.5, 0.6) is 0 Å². The van der Waals surface area contributed by atoms with Gasteiger partial charge in [0.25, 0.3) is 0 Å². The van der Waals surface area contributed by atoms with E-state index < -0.39 is 0 Å². The summed E-state index contributed by atoms with van der Waals surface area (Å²) in [7, 11) is 0. The molecule has 28 valence electrons. The van der Waals surface area contributed by atoms with Gasteiger partial charge in [-0.25, -0.2) is 0 Å². The molecule has 0 nitrogen and oxygen atoms in total. The fraction of sp³-hybridized carbons (Fsp3) is 0. The quantitative estimate of drug-likeness (QED) is 0.540. The van der Waals surface area contributed by atoms with Crippen LogP contribution in [0.2, 0.25) is 0 Å². The first-order valence-electron chi connectivity index (χ1n) is 0. The SMILES string of the molecule is [Ag].[S].[Sb].[Se]. The maximum atomic E-state index is 0. The minimum Gasteiger partial charge on any atom is 0 e. The van der Waals surface area contributed by atoms with E-state index in [0.29, 0.717) is 0 Å². The molecule has 0 aromatic rings. The summed E-state index contributed by atoms with van der Waals surface area (Å²) in [4.78, 5) is 0. The van der Waals surface area contributed by atoms with Gasteiger partial charge < -0.3 is 0 Å². The van der Waals surface area contributed by atoms with Crippen LogP contribution in [0.15, 0.2) is 0 Å². The average Bonchev–Trinajstić information content (AvgIpc) is 0. The Hall–Kier alpha value is 2.43. The van der Waals surface area contributed by atoms with E-state index >= 15 is 0 Å². The first-order chi connectivity index (χ1) is 0. The minimum absolute atomic E-state index is 0. The van der Waals surface area contributed by atoms with Crippen LogP contribution >= 0.6 is 13.5 Å². The van der Waals surface area contributed by atoms with E-state index in [0.717, 1.165) is 0 Å². The number of rotatable bonds is 0. The third-order valence-electron chi connectivity index (χ3n) is 0. The zero-order chi connectivity index (χ0) is 0. The van der Waals surface area contributed by atoms with Crippen molar-refractivity contribution in [3.63, 3.8) is 0 Å². The van der Waals surface area contributed by atoms with Crippen LogP contribution in [-0.2, 0) is 22.4 Å². The molecule has 0 aliphatic carbocycles. The van der Waals surface area contributed by atoms with E-state index in [9.17, 15) is 0 Å². The summed E-state index contributed by atoms with van der Waals surface area (Å²) >= 11 is 0. The van der Waals surface area contributed by atoms with E-state index in [4.69, 9.17) is 0 Å². The fourth-order valence-electron chi connectivity index (χ4n) is 0. The summed E-state index contributed by atoms with van der Waals surface area (Å²) in [6.07, 6.45) is 0. The van der Waals surface area contributed by atoms with Gasteiger partial charge in [0.1, 0.15) is 0 Å². The Morgan fingerprint density at radius 1 is 1.00 bits per heavy atom. The molecule has 8 radical (unpaired) electrons. The predicted molar refractivity (Wildman–Crippen MR) is 19.1 cm³/mol. The topological polar surface area (TPSA) is 0 Å². The first-order valence-corrected chi connectivity index (χ1v) is 0. The van der Waals surface area contributed by atoms with Crippen LogP contribution in [0.4, 0.5) is 0 Å². The van der Waals surface area contributed by atoms with Gasteiger partial charge in [-0.15, -0.1) is 0 Å². The van der Waals surface area contributed by atoms with Crippen LogP contribution in [0.3, 0.4) is 0 Å². The molecule has 0 aliphatic heterocycles. The van der Waals surface area contributed by atoms with Crippen LogP contribution in [0, 0.1) is 0 Å². The molecular weight excluding hydrogens is 341 g/mol. The molecule has 0 amide bonds. The smallest absolute Gasteiger partial charge is 0 e. The summed E-state index contributed by atoms with van der Waals surface area (Å²) < 4.78 is 0. The Labute approximate surface area is 76.4 Å². The Balaban J connectivity index is 0. The van der Waals surface area contributed by atoms with Crippen molar-refractivity contribution in [2.75, 3.05) is 0 Å². The molecule has 0 heterocycles. The van der Waals surface area contributed by atoms with Crippen molar-refractivity contribution in [1.29, 1.82) is 0 Å². The Morgan fingerprint density at radius 2 is 1.00 bits per heavy atom. The van der Waals surface area contributed by atoms with Gasteiger partial charge in [-0.3, -0.25) is 0 Å². The van der Waals surface area contributed by atoms with Crippen molar-refractivity contribution >= 4 is 55.0 Å². The summed E-state index contributed by atoms with van der Waals surface area (Å²) in [6, 6.07) is 0. The zero-order valence-corrected chi connectivity index (χ0v) is 8.13.